The molecule has 0 saturated carbocycles. The zero-order valence-electron chi connectivity index (χ0n) is 5.34. The van der Waals surface area contributed by atoms with E-state index in [1.807, 2.05) is 0 Å². The molecule has 12 heavy (non-hydrogen) atoms. The zero-order chi connectivity index (χ0) is 9.12. The summed E-state index contributed by atoms with van der Waals surface area (Å²) < 4.78 is 26.8. The Hall–Kier alpha value is 0.714. The summed E-state index contributed by atoms with van der Waals surface area (Å²) in [5.41, 5.74) is 0. The minimum atomic E-state index is -4.72. The predicted molar refractivity (Wildman–Crippen MR) is 31.1 cm³/mol. The molecule has 0 bridgehead atoms. The van der Waals surface area contributed by atoms with Crippen molar-refractivity contribution in [3.8, 4) is 0 Å². The largest absolute Gasteiger partial charge is 0.471 e. The second-order valence-corrected chi connectivity index (χ2v) is 3.84. The van der Waals surface area contributed by atoms with Crippen molar-refractivity contribution >= 4 is 15.6 Å². The van der Waals surface area contributed by atoms with E-state index < -0.39 is 22.4 Å². The van der Waals surface area contributed by atoms with E-state index in [0.29, 0.717) is 0 Å². The number of hydrogen-bond acceptors (Lipinski definition) is 4. The Labute approximate surface area is 77.3 Å². The van der Waals surface area contributed by atoms with Crippen molar-refractivity contribution in [2.45, 2.75) is 0 Å². The standard InChI is InChI=1S/CH6O8P2.Ni/c2-10(3,4)8-1-9-11(5,6)7;/h1H2,(H2,2,3,4)(H2,5,6,7);. The van der Waals surface area contributed by atoms with Gasteiger partial charge >= 0.3 is 15.6 Å². The molecule has 0 amide bonds. The van der Waals surface area contributed by atoms with Crippen LogP contribution in [0.2, 0.25) is 0 Å². The van der Waals surface area contributed by atoms with Crippen LogP contribution in [0.25, 0.3) is 0 Å². The van der Waals surface area contributed by atoms with E-state index in [9.17, 15) is 9.13 Å². The molecule has 0 radical (unpaired) electrons. The van der Waals surface area contributed by atoms with Crippen LogP contribution in [0.1, 0.15) is 0 Å². The average Bonchev–Trinajstić information content (AvgIpc) is 1.55. The molecular formula is CH6NiO8P2. The second-order valence-electron chi connectivity index (χ2n) is 1.36. The van der Waals surface area contributed by atoms with Gasteiger partial charge in [0, 0.05) is 16.5 Å². The number of rotatable bonds is 4. The van der Waals surface area contributed by atoms with Gasteiger partial charge in [-0.25, -0.2) is 9.13 Å². The molecule has 0 aromatic carbocycles. The van der Waals surface area contributed by atoms with Crippen LogP contribution >= 0.6 is 15.6 Å². The third-order valence-corrected chi connectivity index (χ3v) is 1.33. The maximum atomic E-state index is 9.86. The van der Waals surface area contributed by atoms with Gasteiger partial charge in [0.1, 0.15) is 0 Å². The summed E-state index contributed by atoms with van der Waals surface area (Å²) >= 11 is 0. The molecule has 0 aliphatic rings. The third-order valence-electron chi connectivity index (χ3n) is 0.442. The normalized spacial score (nSPS) is 12.3. The first-order valence-corrected chi connectivity index (χ1v) is 5.17. The molecule has 0 aromatic heterocycles. The van der Waals surface area contributed by atoms with Gasteiger partial charge in [0.05, 0.1) is 0 Å². The molecule has 78 valence electrons. The van der Waals surface area contributed by atoms with E-state index in [1.54, 1.807) is 0 Å². The fourth-order valence-electron chi connectivity index (χ4n) is 0.161. The number of hydrogen-bond donors (Lipinski definition) is 4. The summed E-state index contributed by atoms with van der Waals surface area (Å²) in [7, 11) is -9.44. The Balaban J connectivity index is 0. The first-order chi connectivity index (χ1) is 4.71. The third kappa shape index (κ3) is 13.3. The number of phosphoric ester groups is 2. The summed E-state index contributed by atoms with van der Waals surface area (Å²) in [5, 5.41) is 0. The molecular weight excluding hydrogens is 261 g/mol. The van der Waals surface area contributed by atoms with E-state index in [-0.39, 0.29) is 16.5 Å². The van der Waals surface area contributed by atoms with Gasteiger partial charge < -0.3 is 19.6 Å². The average molecular weight is 267 g/mol. The van der Waals surface area contributed by atoms with Crippen LogP contribution in [0.15, 0.2) is 0 Å². The van der Waals surface area contributed by atoms with Crippen LogP contribution in [0, 0.1) is 0 Å². The Morgan fingerprint density at radius 1 is 0.917 bits per heavy atom. The van der Waals surface area contributed by atoms with Crippen molar-refractivity contribution in [2.24, 2.45) is 0 Å². The monoisotopic (exact) mass is 266 g/mol. The Morgan fingerprint density at radius 2 is 1.17 bits per heavy atom. The van der Waals surface area contributed by atoms with Gasteiger partial charge in [-0.15, -0.1) is 0 Å². The topological polar surface area (TPSA) is 134 Å². The second kappa shape index (κ2) is 5.45. The first kappa shape index (κ1) is 15.2. The Morgan fingerprint density at radius 3 is 1.33 bits per heavy atom. The molecule has 4 N–H and O–H groups in total. The summed E-state index contributed by atoms with van der Waals surface area (Å²) in [6, 6.07) is 0. The van der Waals surface area contributed by atoms with Crippen molar-refractivity contribution in [2.75, 3.05) is 6.79 Å². The van der Waals surface area contributed by atoms with Crippen LogP contribution < -0.4 is 0 Å². The van der Waals surface area contributed by atoms with Gasteiger partial charge in [-0.1, -0.05) is 0 Å². The van der Waals surface area contributed by atoms with Gasteiger partial charge in [-0.2, -0.15) is 0 Å². The SMILES string of the molecule is O=P(O)(O)OCOP(=O)(O)O.[Ni]. The molecule has 0 fully saturated rings. The molecule has 0 rings (SSSR count). The fraction of sp³-hybridized carbons (Fsp3) is 1.00. The van der Waals surface area contributed by atoms with Gasteiger partial charge in [0.25, 0.3) is 0 Å². The fourth-order valence-corrected chi connectivity index (χ4v) is 0.624. The summed E-state index contributed by atoms with van der Waals surface area (Å²) in [4.78, 5) is 31.9. The van der Waals surface area contributed by atoms with E-state index in [2.05, 4.69) is 9.05 Å². The smallest absolute Gasteiger partial charge is 0.303 e. The molecule has 0 saturated heterocycles. The Bertz CT molecular complexity index is 179. The van der Waals surface area contributed by atoms with Gasteiger partial charge in [0.2, 0.25) is 0 Å². The van der Waals surface area contributed by atoms with Crippen molar-refractivity contribution in [1.82, 2.24) is 0 Å². The van der Waals surface area contributed by atoms with Gasteiger partial charge in [-0.3, -0.25) is 9.05 Å². The zero-order valence-corrected chi connectivity index (χ0v) is 8.12. The molecule has 0 unspecified atom stereocenters. The van der Waals surface area contributed by atoms with Crippen LogP contribution in [0.4, 0.5) is 0 Å². The maximum absolute atomic E-state index is 9.86. The van der Waals surface area contributed by atoms with Crippen LogP contribution in [-0.4, -0.2) is 26.4 Å². The van der Waals surface area contributed by atoms with Crippen molar-refractivity contribution in [3.63, 3.8) is 0 Å². The summed E-state index contributed by atoms with van der Waals surface area (Å²) in [5.74, 6) is 0. The van der Waals surface area contributed by atoms with Crippen LogP contribution in [0.5, 0.6) is 0 Å². The Kier molecular flexibility index (Phi) is 6.90. The van der Waals surface area contributed by atoms with Gasteiger partial charge in [0.15, 0.2) is 6.79 Å². The predicted octanol–water partition coefficient (Wildman–Crippen LogP) is -0.840. The minimum absolute atomic E-state index is 0. The molecule has 0 aliphatic heterocycles. The van der Waals surface area contributed by atoms with Crippen molar-refractivity contribution < 1.29 is 54.2 Å². The summed E-state index contributed by atoms with van der Waals surface area (Å²) in [6.45, 7) is -1.16. The minimum Gasteiger partial charge on any atom is -0.303 e. The summed E-state index contributed by atoms with van der Waals surface area (Å²) in [6.07, 6.45) is 0. The number of phosphoric acid groups is 2. The van der Waals surface area contributed by atoms with E-state index >= 15 is 0 Å². The van der Waals surface area contributed by atoms with Crippen molar-refractivity contribution in [3.05, 3.63) is 0 Å². The molecule has 0 spiro atoms. The quantitative estimate of drug-likeness (QED) is 0.294. The van der Waals surface area contributed by atoms with E-state index in [1.165, 1.54) is 0 Å². The van der Waals surface area contributed by atoms with Crippen LogP contribution in [0.3, 0.4) is 0 Å². The van der Waals surface area contributed by atoms with E-state index in [0.717, 1.165) is 0 Å². The first-order valence-electron chi connectivity index (χ1n) is 2.11. The van der Waals surface area contributed by atoms with Crippen molar-refractivity contribution in [1.29, 1.82) is 0 Å². The molecule has 8 nitrogen and oxygen atoms in total. The molecule has 0 aromatic rings. The van der Waals surface area contributed by atoms with Gasteiger partial charge in [-0.05, 0) is 0 Å². The molecule has 0 aliphatic carbocycles. The van der Waals surface area contributed by atoms with E-state index in [4.69, 9.17) is 19.6 Å². The molecule has 11 heteroatoms. The maximum Gasteiger partial charge on any atom is 0.471 e. The van der Waals surface area contributed by atoms with Crippen LogP contribution in [-0.2, 0) is 34.7 Å². The molecule has 0 heterocycles. The molecule has 0 atom stereocenters.